The molecule has 0 aliphatic carbocycles. The summed E-state index contributed by atoms with van der Waals surface area (Å²) in [6.45, 7) is 5.07. The topological polar surface area (TPSA) is 79.5 Å². The first-order valence-electron chi connectivity index (χ1n) is 6.46. The highest BCUT2D eigenvalue weighted by Crippen LogP contribution is 1.89. The smallest absolute Gasteiger partial charge is 0.220 e. The van der Waals surface area contributed by atoms with Crippen molar-refractivity contribution in [3.63, 3.8) is 0 Å². The van der Waals surface area contributed by atoms with Crippen LogP contribution in [0.15, 0.2) is 0 Å². The molecule has 0 aliphatic rings. The lowest BCUT2D eigenvalue weighted by Gasteiger charge is -2.06. The van der Waals surface area contributed by atoms with Crippen LogP contribution >= 0.6 is 0 Å². The number of carbonyl (C=O) groups excluding carboxylic acids is 2. The van der Waals surface area contributed by atoms with Crippen LogP contribution in [0.3, 0.4) is 0 Å². The van der Waals surface area contributed by atoms with Gasteiger partial charge in [-0.05, 0) is 26.9 Å². The van der Waals surface area contributed by atoms with Crippen LogP contribution in [-0.4, -0.2) is 51.7 Å². The van der Waals surface area contributed by atoms with Crippen molar-refractivity contribution < 1.29 is 14.3 Å². The number of hydrogen-bond acceptors (Lipinski definition) is 4. The van der Waals surface area contributed by atoms with E-state index in [9.17, 15) is 9.59 Å². The van der Waals surface area contributed by atoms with E-state index in [2.05, 4.69) is 16.0 Å². The summed E-state index contributed by atoms with van der Waals surface area (Å²) in [6, 6.07) is 0. The maximum atomic E-state index is 11.4. The molecule has 0 bridgehead atoms. The molecule has 0 aromatic carbocycles. The standard InChI is InChI=1S/C12H25N3O3/c1-3-18-10-9-15-12(17)6-5-11(16)14-8-4-7-13-2/h13H,3-10H2,1-2H3,(H,14,16)(H,15,17). The summed E-state index contributed by atoms with van der Waals surface area (Å²) in [7, 11) is 1.87. The van der Waals surface area contributed by atoms with Crippen molar-refractivity contribution in [1.82, 2.24) is 16.0 Å². The Morgan fingerprint density at radius 3 is 2.17 bits per heavy atom. The summed E-state index contributed by atoms with van der Waals surface area (Å²) < 4.78 is 5.09. The van der Waals surface area contributed by atoms with Gasteiger partial charge in [0.05, 0.1) is 6.61 Å². The van der Waals surface area contributed by atoms with E-state index in [1.165, 1.54) is 0 Å². The van der Waals surface area contributed by atoms with E-state index >= 15 is 0 Å². The van der Waals surface area contributed by atoms with Crippen LogP contribution in [0.5, 0.6) is 0 Å². The van der Waals surface area contributed by atoms with Crippen LogP contribution in [0.25, 0.3) is 0 Å². The molecule has 3 N–H and O–H groups in total. The third kappa shape index (κ3) is 11.3. The average Bonchev–Trinajstić information content (AvgIpc) is 2.37. The minimum Gasteiger partial charge on any atom is -0.380 e. The highest BCUT2D eigenvalue weighted by atomic mass is 16.5. The van der Waals surface area contributed by atoms with Gasteiger partial charge in [0.25, 0.3) is 0 Å². The second-order valence-corrected chi connectivity index (χ2v) is 3.85. The summed E-state index contributed by atoms with van der Waals surface area (Å²) in [4.78, 5) is 22.7. The summed E-state index contributed by atoms with van der Waals surface area (Å²) in [5.74, 6) is -0.189. The van der Waals surface area contributed by atoms with Crippen molar-refractivity contribution in [3.8, 4) is 0 Å². The first kappa shape index (κ1) is 16.9. The average molecular weight is 259 g/mol. The third-order valence-corrected chi connectivity index (χ3v) is 2.28. The monoisotopic (exact) mass is 259 g/mol. The Hall–Kier alpha value is -1.14. The van der Waals surface area contributed by atoms with Crippen LogP contribution in [-0.2, 0) is 14.3 Å². The van der Waals surface area contributed by atoms with E-state index in [0.29, 0.717) is 26.3 Å². The van der Waals surface area contributed by atoms with Crippen LogP contribution in [0, 0.1) is 0 Å². The van der Waals surface area contributed by atoms with Crippen LogP contribution in [0.2, 0.25) is 0 Å². The molecule has 0 aliphatic heterocycles. The van der Waals surface area contributed by atoms with Gasteiger partial charge in [0.2, 0.25) is 11.8 Å². The number of carbonyl (C=O) groups is 2. The van der Waals surface area contributed by atoms with E-state index in [1.54, 1.807) is 0 Å². The fourth-order valence-electron chi connectivity index (χ4n) is 1.30. The Bertz CT molecular complexity index is 211. The van der Waals surface area contributed by atoms with Gasteiger partial charge in [0.15, 0.2) is 0 Å². The van der Waals surface area contributed by atoms with Gasteiger partial charge in [0, 0.05) is 32.5 Å². The van der Waals surface area contributed by atoms with Crippen molar-refractivity contribution >= 4 is 11.8 Å². The van der Waals surface area contributed by atoms with E-state index in [0.717, 1.165) is 13.0 Å². The van der Waals surface area contributed by atoms with Crippen molar-refractivity contribution in [2.24, 2.45) is 0 Å². The van der Waals surface area contributed by atoms with Gasteiger partial charge in [-0.25, -0.2) is 0 Å². The van der Waals surface area contributed by atoms with Gasteiger partial charge in [-0.1, -0.05) is 0 Å². The Labute approximate surface area is 109 Å². The van der Waals surface area contributed by atoms with Gasteiger partial charge in [-0.3, -0.25) is 9.59 Å². The third-order valence-electron chi connectivity index (χ3n) is 2.28. The normalized spacial score (nSPS) is 10.1. The molecule has 0 unspecified atom stereocenters. The molecule has 0 aromatic heterocycles. The number of rotatable bonds is 11. The van der Waals surface area contributed by atoms with Gasteiger partial charge in [0.1, 0.15) is 0 Å². The molecular weight excluding hydrogens is 234 g/mol. The molecule has 6 nitrogen and oxygen atoms in total. The molecule has 18 heavy (non-hydrogen) atoms. The number of ether oxygens (including phenoxy) is 1. The molecule has 106 valence electrons. The highest BCUT2D eigenvalue weighted by molar-refractivity contribution is 5.83. The van der Waals surface area contributed by atoms with Gasteiger partial charge in [-0.15, -0.1) is 0 Å². The minimum absolute atomic E-state index is 0.0777. The summed E-state index contributed by atoms with van der Waals surface area (Å²) >= 11 is 0. The molecule has 0 rings (SSSR count). The van der Waals surface area contributed by atoms with Crippen molar-refractivity contribution in [2.45, 2.75) is 26.2 Å². The second-order valence-electron chi connectivity index (χ2n) is 3.85. The van der Waals surface area contributed by atoms with Crippen molar-refractivity contribution in [3.05, 3.63) is 0 Å². The minimum atomic E-state index is -0.111. The molecule has 0 radical (unpaired) electrons. The zero-order chi connectivity index (χ0) is 13.6. The van der Waals surface area contributed by atoms with Gasteiger partial charge >= 0.3 is 0 Å². The van der Waals surface area contributed by atoms with Crippen LogP contribution in [0.4, 0.5) is 0 Å². The Kier molecular flexibility index (Phi) is 11.5. The molecule has 0 heterocycles. The largest absolute Gasteiger partial charge is 0.380 e. The zero-order valence-corrected chi connectivity index (χ0v) is 11.4. The SMILES string of the molecule is CCOCCNC(=O)CCC(=O)NCCCNC. The predicted molar refractivity (Wildman–Crippen MR) is 70.3 cm³/mol. The maximum Gasteiger partial charge on any atom is 0.220 e. The molecule has 0 atom stereocenters. The van der Waals surface area contributed by atoms with E-state index in [-0.39, 0.29) is 24.7 Å². The number of nitrogens with one attached hydrogen (secondary N) is 3. The van der Waals surface area contributed by atoms with Crippen LogP contribution in [0.1, 0.15) is 26.2 Å². The fraction of sp³-hybridized carbons (Fsp3) is 0.833. The number of hydrogen-bond donors (Lipinski definition) is 3. The zero-order valence-electron chi connectivity index (χ0n) is 11.4. The molecule has 2 amide bonds. The van der Waals surface area contributed by atoms with Crippen molar-refractivity contribution in [1.29, 1.82) is 0 Å². The Balaban J connectivity index is 3.39. The maximum absolute atomic E-state index is 11.4. The Morgan fingerprint density at radius 1 is 1.00 bits per heavy atom. The van der Waals surface area contributed by atoms with E-state index < -0.39 is 0 Å². The first-order valence-corrected chi connectivity index (χ1v) is 6.46. The lowest BCUT2D eigenvalue weighted by molar-refractivity contribution is -0.126. The highest BCUT2D eigenvalue weighted by Gasteiger charge is 2.05. The second kappa shape index (κ2) is 12.3. The molecular formula is C12H25N3O3. The first-order chi connectivity index (χ1) is 8.70. The molecule has 0 saturated carbocycles. The molecule has 0 fully saturated rings. The summed E-state index contributed by atoms with van der Waals surface area (Å²) in [6.07, 6.45) is 1.35. The van der Waals surface area contributed by atoms with Crippen LogP contribution < -0.4 is 16.0 Å². The van der Waals surface area contributed by atoms with Gasteiger partial charge < -0.3 is 20.7 Å². The lowest BCUT2D eigenvalue weighted by Crippen LogP contribution is -2.30. The van der Waals surface area contributed by atoms with E-state index in [4.69, 9.17) is 4.74 Å². The Morgan fingerprint density at radius 2 is 1.61 bits per heavy atom. The van der Waals surface area contributed by atoms with Crippen molar-refractivity contribution in [2.75, 3.05) is 39.9 Å². The summed E-state index contributed by atoms with van der Waals surface area (Å²) in [5, 5.41) is 8.46. The molecule has 0 spiro atoms. The summed E-state index contributed by atoms with van der Waals surface area (Å²) in [5.41, 5.74) is 0. The number of amides is 2. The molecule has 0 aromatic rings. The van der Waals surface area contributed by atoms with E-state index in [1.807, 2.05) is 14.0 Å². The lowest BCUT2D eigenvalue weighted by atomic mass is 10.2. The molecule has 0 saturated heterocycles. The quantitative estimate of drug-likeness (QED) is 0.443. The predicted octanol–water partition coefficient (Wildman–Crippen LogP) is -0.355. The van der Waals surface area contributed by atoms with Gasteiger partial charge in [-0.2, -0.15) is 0 Å². The fourth-order valence-corrected chi connectivity index (χ4v) is 1.30. The molecule has 6 heteroatoms.